The number of fused-ring (bicyclic) bond motifs is 1. The van der Waals surface area contributed by atoms with E-state index in [-0.39, 0.29) is 11.7 Å². The lowest BCUT2D eigenvalue weighted by molar-refractivity contribution is -0.125. The Kier molecular flexibility index (Phi) is 4.43. The minimum atomic E-state index is -0.117. The number of nitrogens with two attached hydrogens (primary N) is 1. The van der Waals surface area contributed by atoms with Crippen LogP contribution in [0.4, 0.5) is 5.82 Å². The van der Waals surface area contributed by atoms with Gasteiger partial charge in [-0.1, -0.05) is 12.1 Å². The van der Waals surface area contributed by atoms with Gasteiger partial charge in [-0.2, -0.15) is 0 Å². The van der Waals surface area contributed by atoms with Gasteiger partial charge in [0, 0.05) is 44.5 Å². The van der Waals surface area contributed by atoms with Crippen molar-refractivity contribution in [2.45, 2.75) is 6.54 Å². The number of likely N-dealkylation sites (N-methyl/N-ethyl adjacent to an activating group) is 1. The number of amides is 1. The zero-order valence-electron chi connectivity index (χ0n) is 14.2. The lowest BCUT2D eigenvalue weighted by Crippen LogP contribution is -2.24. The molecule has 3 N–H and O–H groups in total. The van der Waals surface area contributed by atoms with E-state index >= 15 is 0 Å². The van der Waals surface area contributed by atoms with Crippen LogP contribution in [0.1, 0.15) is 11.1 Å². The number of benzene rings is 1. The molecule has 128 valence electrons. The van der Waals surface area contributed by atoms with E-state index in [9.17, 15) is 9.90 Å². The Bertz CT molecular complexity index is 942. The van der Waals surface area contributed by atoms with Gasteiger partial charge in [-0.05, 0) is 35.4 Å². The number of nitrogen functional groups attached to an aromatic ring is 1. The van der Waals surface area contributed by atoms with Crippen LogP contribution >= 0.6 is 0 Å². The molecule has 0 fully saturated rings. The lowest BCUT2D eigenvalue weighted by atomic mass is 10.1. The van der Waals surface area contributed by atoms with Crippen LogP contribution in [0, 0.1) is 0 Å². The van der Waals surface area contributed by atoms with Gasteiger partial charge in [0.2, 0.25) is 5.91 Å². The first kappa shape index (κ1) is 16.6. The Morgan fingerprint density at radius 3 is 2.88 bits per heavy atom. The second-order valence-electron chi connectivity index (χ2n) is 5.98. The Labute approximate surface area is 145 Å². The third kappa shape index (κ3) is 3.47. The number of rotatable bonds is 4. The summed E-state index contributed by atoms with van der Waals surface area (Å²) >= 11 is 0. The Morgan fingerprint density at radius 1 is 1.36 bits per heavy atom. The number of phenols is 1. The van der Waals surface area contributed by atoms with Crippen molar-refractivity contribution >= 4 is 28.7 Å². The summed E-state index contributed by atoms with van der Waals surface area (Å²) in [4.78, 5) is 18.0. The monoisotopic (exact) mass is 336 g/mol. The molecule has 6 nitrogen and oxygen atoms in total. The van der Waals surface area contributed by atoms with Crippen molar-refractivity contribution in [3.8, 4) is 5.75 Å². The van der Waals surface area contributed by atoms with Crippen LogP contribution < -0.4 is 5.73 Å². The third-order valence-corrected chi connectivity index (χ3v) is 4.07. The molecule has 0 saturated heterocycles. The van der Waals surface area contributed by atoms with Crippen molar-refractivity contribution in [2.24, 2.45) is 7.05 Å². The zero-order valence-corrected chi connectivity index (χ0v) is 14.2. The van der Waals surface area contributed by atoms with Crippen molar-refractivity contribution in [2.75, 3.05) is 12.8 Å². The predicted molar refractivity (Wildman–Crippen MR) is 98.7 cm³/mol. The van der Waals surface area contributed by atoms with Crippen LogP contribution in [-0.4, -0.2) is 32.5 Å². The summed E-state index contributed by atoms with van der Waals surface area (Å²) in [5.74, 6) is 0.560. The van der Waals surface area contributed by atoms with Crippen LogP contribution in [0.2, 0.25) is 0 Å². The summed E-state index contributed by atoms with van der Waals surface area (Å²) in [6.45, 7) is 0.448. The second-order valence-corrected chi connectivity index (χ2v) is 5.98. The molecule has 3 rings (SSSR count). The molecule has 0 aliphatic carbocycles. The molecule has 3 aromatic rings. The highest BCUT2D eigenvalue weighted by Crippen LogP contribution is 2.28. The molecule has 0 spiro atoms. The van der Waals surface area contributed by atoms with Crippen LogP contribution in [0.25, 0.3) is 17.0 Å². The molecule has 1 amide bonds. The molecule has 0 unspecified atom stereocenters. The summed E-state index contributed by atoms with van der Waals surface area (Å²) in [6, 6.07) is 8.90. The first-order chi connectivity index (χ1) is 12.0. The molecule has 0 radical (unpaired) electrons. The van der Waals surface area contributed by atoms with Crippen molar-refractivity contribution in [1.29, 1.82) is 0 Å². The van der Waals surface area contributed by atoms with Crippen molar-refractivity contribution in [1.82, 2.24) is 14.5 Å². The van der Waals surface area contributed by atoms with E-state index in [1.54, 1.807) is 48.5 Å². The minimum Gasteiger partial charge on any atom is -0.506 e. The maximum Gasteiger partial charge on any atom is 0.246 e. The molecule has 2 heterocycles. The number of phenolic OH excluding ortho intramolecular Hbond substituents is 1. The van der Waals surface area contributed by atoms with E-state index in [0.717, 1.165) is 22.0 Å². The first-order valence-electron chi connectivity index (χ1n) is 7.86. The maximum absolute atomic E-state index is 12.3. The molecule has 0 aliphatic rings. The minimum absolute atomic E-state index is 0.117. The molecule has 1 aromatic carbocycles. The number of hydrogen-bond acceptors (Lipinski definition) is 4. The average Bonchev–Trinajstić information content (AvgIpc) is 2.91. The van der Waals surface area contributed by atoms with Crippen molar-refractivity contribution < 1.29 is 9.90 Å². The van der Waals surface area contributed by atoms with Gasteiger partial charge < -0.3 is 20.3 Å². The van der Waals surface area contributed by atoms with E-state index in [0.29, 0.717) is 12.4 Å². The van der Waals surface area contributed by atoms with E-state index in [1.807, 2.05) is 23.9 Å². The molecule has 0 bridgehead atoms. The fraction of sp³-hybridized carbons (Fsp3) is 0.158. The molecular weight excluding hydrogens is 316 g/mol. The quantitative estimate of drug-likeness (QED) is 0.717. The second kappa shape index (κ2) is 6.68. The molecule has 0 aliphatic heterocycles. The summed E-state index contributed by atoms with van der Waals surface area (Å²) in [5.41, 5.74) is 8.10. The third-order valence-electron chi connectivity index (χ3n) is 4.07. The Hall–Kier alpha value is -3.28. The summed E-state index contributed by atoms with van der Waals surface area (Å²) in [6.07, 6.45) is 6.77. The lowest BCUT2D eigenvalue weighted by Gasteiger charge is -2.14. The average molecular weight is 336 g/mol. The van der Waals surface area contributed by atoms with Gasteiger partial charge in [0.15, 0.2) is 0 Å². The summed E-state index contributed by atoms with van der Waals surface area (Å²) < 4.78 is 1.87. The Balaban J connectivity index is 1.76. The standard InChI is InChI=1S/C19H20N4O2/c1-22(18(25)9-7-13-6-8-17(20)21-10-13)11-14-12-23(2)19-15(14)4-3-5-16(19)24/h3-10,12,24H,11H2,1-2H3,(H2,20,21). The predicted octanol–water partition coefficient (Wildman–Crippen LogP) is 2.53. The normalized spacial score (nSPS) is 11.3. The number of hydrogen-bond donors (Lipinski definition) is 2. The number of nitrogens with zero attached hydrogens (tertiary/aromatic N) is 3. The topological polar surface area (TPSA) is 84.4 Å². The molecule has 2 aromatic heterocycles. The van der Waals surface area contributed by atoms with E-state index in [1.165, 1.54) is 6.08 Å². The number of para-hydroxylation sites is 1. The van der Waals surface area contributed by atoms with Crippen molar-refractivity contribution in [3.63, 3.8) is 0 Å². The van der Waals surface area contributed by atoms with Gasteiger partial charge in [-0.3, -0.25) is 4.79 Å². The fourth-order valence-corrected chi connectivity index (χ4v) is 2.80. The van der Waals surface area contributed by atoms with Gasteiger partial charge in [0.25, 0.3) is 0 Å². The Morgan fingerprint density at radius 2 is 2.16 bits per heavy atom. The smallest absolute Gasteiger partial charge is 0.246 e. The molecule has 0 atom stereocenters. The van der Waals surface area contributed by atoms with Gasteiger partial charge in [-0.15, -0.1) is 0 Å². The first-order valence-corrected chi connectivity index (χ1v) is 7.86. The zero-order chi connectivity index (χ0) is 18.0. The van der Waals surface area contributed by atoms with Crippen molar-refractivity contribution in [3.05, 3.63) is 59.9 Å². The van der Waals surface area contributed by atoms with Crippen LogP contribution in [-0.2, 0) is 18.4 Å². The highest BCUT2D eigenvalue weighted by molar-refractivity contribution is 5.93. The van der Waals surface area contributed by atoms with Gasteiger partial charge >= 0.3 is 0 Å². The number of aryl methyl sites for hydroxylation is 1. The van der Waals surface area contributed by atoms with Crippen LogP contribution in [0.15, 0.2) is 48.8 Å². The van der Waals surface area contributed by atoms with Crippen LogP contribution in [0.3, 0.4) is 0 Å². The number of carbonyl (C=O) groups excluding carboxylic acids is 1. The fourth-order valence-electron chi connectivity index (χ4n) is 2.80. The molecule has 25 heavy (non-hydrogen) atoms. The number of pyridine rings is 1. The van der Waals surface area contributed by atoms with Crippen LogP contribution in [0.5, 0.6) is 5.75 Å². The van der Waals surface area contributed by atoms with E-state index in [4.69, 9.17) is 5.73 Å². The van der Waals surface area contributed by atoms with Gasteiger partial charge in [0.05, 0.1) is 5.52 Å². The number of carbonyl (C=O) groups is 1. The number of aromatic hydroxyl groups is 1. The molecule has 6 heteroatoms. The molecule has 0 saturated carbocycles. The maximum atomic E-state index is 12.3. The highest BCUT2D eigenvalue weighted by atomic mass is 16.3. The van der Waals surface area contributed by atoms with Gasteiger partial charge in [-0.25, -0.2) is 4.98 Å². The number of anilines is 1. The molecular formula is C19H20N4O2. The van der Waals surface area contributed by atoms with E-state index < -0.39 is 0 Å². The SMILES string of the molecule is CN(Cc1cn(C)c2c(O)cccc12)C(=O)C=Cc1ccc(N)nc1. The summed E-state index contributed by atoms with van der Waals surface area (Å²) in [5, 5.41) is 10.9. The van der Waals surface area contributed by atoms with E-state index in [2.05, 4.69) is 4.98 Å². The number of aromatic nitrogens is 2. The summed E-state index contributed by atoms with van der Waals surface area (Å²) in [7, 11) is 3.62. The largest absolute Gasteiger partial charge is 0.506 e. The highest BCUT2D eigenvalue weighted by Gasteiger charge is 2.13. The van der Waals surface area contributed by atoms with Gasteiger partial charge in [0.1, 0.15) is 11.6 Å².